The van der Waals surface area contributed by atoms with E-state index in [1.807, 2.05) is 109 Å². The van der Waals surface area contributed by atoms with Crippen LogP contribution in [0.3, 0.4) is 0 Å². The minimum absolute atomic E-state index is 0. The summed E-state index contributed by atoms with van der Waals surface area (Å²) in [7, 11) is -7.56. The van der Waals surface area contributed by atoms with Crippen LogP contribution in [0, 0.1) is 11.8 Å². The second-order valence-electron chi connectivity index (χ2n) is 14.4. The predicted molar refractivity (Wildman–Crippen MR) is 220 cm³/mol. The molecule has 0 bridgehead atoms. The Morgan fingerprint density at radius 1 is 0.542 bits per heavy atom. The summed E-state index contributed by atoms with van der Waals surface area (Å²) in [4.78, 5) is 67.3. The van der Waals surface area contributed by atoms with Crippen molar-refractivity contribution < 1.29 is 67.8 Å². The summed E-state index contributed by atoms with van der Waals surface area (Å²) in [5.74, 6) is -7.88. The summed E-state index contributed by atoms with van der Waals surface area (Å²) < 4.78 is 24.8. The number of carboxylic acid groups (broad SMARTS) is 2. The second kappa shape index (κ2) is 23.5. The van der Waals surface area contributed by atoms with Gasteiger partial charge in [0.25, 0.3) is 0 Å². The molecular formula is C42H52N4O10P2Zn. The zero-order chi connectivity index (χ0) is 43.2. The molecule has 0 saturated carbocycles. The minimum atomic E-state index is -3.78. The number of amides is 2. The number of nitrogens with one attached hydrogen (secondary N) is 2. The molecule has 2 amide bonds. The average molecular weight is 900 g/mol. The van der Waals surface area contributed by atoms with Crippen LogP contribution in [-0.2, 0) is 60.6 Å². The SMILES string of the molecule is C[C@H](NC(=O)[C@@H](Cc1ccc(-c2ccccc2)cc1)CP(=O)(O)[C@@H](C)N)C(=O)[O-].C[C@H](NC(=O)[C@@H](Cc1ccc(-c2ccccc2)cc1)CP(=O)(O)[C@@H](C)N)C(=O)[O-].[Zn+2]. The molecule has 2 unspecified atom stereocenters. The molecule has 0 saturated heterocycles. The minimum Gasteiger partial charge on any atom is -0.548 e. The van der Waals surface area contributed by atoms with E-state index < -0.39 is 74.0 Å². The molecule has 4 aromatic carbocycles. The number of hydrogen-bond acceptors (Lipinski definition) is 10. The number of carboxylic acids is 2. The van der Waals surface area contributed by atoms with Crippen LogP contribution in [0.1, 0.15) is 38.8 Å². The average Bonchev–Trinajstić information content (AvgIpc) is 3.18. The van der Waals surface area contributed by atoms with E-state index in [-0.39, 0.29) is 44.6 Å². The molecule has 4 aromatic rings. The number of aliphatic carboxylic acids is 2. The van der Waals surface area contributed by atoms with E-state index in [9.17, 15) is 48.3 Å². The van der Waals surface area contributed by atoms with Gasteiger partial charge in [-0.05, 0) is 73.9 Å². The van der Waals surface area contributed by atoms with Crippen LogP contribution in [-0.4, -0.2) is 69.5 Å². The van der Waals surface area contributed by atoms with Crippen LogP contribution in [0.4, 0.5) is 0 Å². The standard InChI is InChI=1S/2C21H27N2O5P.Zn/c2*1-14(21(25)26)23-20(24)19(13-29(27,28)15(2)22)12-16-8-10-18(11-9-16)17-6-4-3-5-7-17;/h2*3-11,14-15,19H,12-13,22H2,1-2H3,(H,23,24)(H,25,26)(H,27,28);/q;;+2/p-2/t2*14-,15-,19-;/m00./s1. The zero-order valence-electron chi connectivity index (χ0n) is 33.6. The first kappa shape index (κ1) is 50.8. The number of carbonyl (C=O) groups is 4. The maximum Gasteiger partial charge on any atom is 2.00 e. The van der Waals surface area contributed by atoms with Crippen molar-refractivity contribution in [3.8, 4) is 22.3 Å². The smallest absolute Gasteiger partial charge is 0.548 e. The number of benzene rings is 4. The maximum absolute atomic E-state index is 12.6. The van der Waals surface area contributed by atoms with Gasteiger partial charge in [-0.1, -0.05) is 109 Å². The third-order valence-electron chi connectivity index (χ3n) is 9.49. The van der Waals surface area contributed by atoms with Gasteiger partial charge in [0.1, 0.15) is 0 Å². The van der Waals surface area contributed by atoms with Crippen molar-refractivity contribution in [1.29, 1.82) is 0 Å². The molecule has 59 heavy (non-hydrogen) atoms. The first-order chi connectivity index (χ1) is 27.2. The van der Waals surface area contributed by atoms with Crippen molar-refractivity contribution in [3.63, 3.8) is 0 Å². The molecule has 17 heteroatoms. The molecule has 0 spiro atoms. The molecule has 0 aliphatic heterocycles. The summed E-state index contributed by atoms with van der Waals surface area (Å²) in [6.45, 7) is 5.38. The molecule has 8 atom stereocenters. The normalized spacial score (nSPS) is 16.0. The van der Waals surface area contributed by atoms with Crippen molar-refractivity contribution in [2.45, 2.75) is 64.2 Å². The van der Waals surface area contributed by atoms with E-state index in [1.165, 1.54) is 27.7 Å². The fraction of sp³-hybridized carbons (Fsp3) is 0.333. The summed E-state index contributed by atoms with van der Waals surface area (Å²) in [6, 6.07) is 32.2. The van der Waals surface area contributed by atoms with E-state index in [2.05, 4.69) is 10.6 Å². The largest absolute Gasteiger partial charge is 2.00 e. The molecule has 8 N–H and O–H groups in total. The van der Waals surface area contributed by atoms with Gasteiger partial charge >= 0.3 is 19.5 Å². The maximum atomic E-state index is 12.6. The Morgan fingerprint density at radius 3 is 1.07 bits per heavy atom. The first-order valence-corrected chi connectivity index (χ1v) is 22.5. The summed E-state index contributed by atoms with van der Waals surface area (Å²) in [5.41, 5.74) is 16.9. The van der Waals surface area contributed by atoms with Gasteiger partial charge in [-0.2, -0.15) is 0 Å². The Balaban J connectivity index is 0.000000400. The molecule has 14 nitrogen and oxygen atoms in total. The van der Waals surface area contributed by atoms with Crippen LogP contribution in [0.25, 0.3) is 22.3 Å². The van der Waals surface area contributed by atoms with Gasteiger partial charge in [0.15, 0.2) is 0 Å². The number of hydrogen-bond donors (Lipinski definition) is 6. The van der Waals surface area contributed by atoms with E-state index >= 15 is 0 Å². The summed E-state index contributed by atoms with van der Waals surface area (Å²) in [5, 5.41) is 26.5. The molecule has 4 rings (SSSR count). The third-order valence-corrected chi connectivity index (χ3v) is 14.0. The topological polar surface area (TPSA) is 265 Å². The van der Waals surface area contributed by atoms with Crippen LogP contribution < -0.4 is 32.3 Å². The monoisotopic (exact) mass is 898 g/mol. The van der Waals surface area contributed by atoms with E-state index in [1.54, 1.807) is 0 Å². The number of nitrogens with two attached hydrogens (primary N) is 2. The Hall–Kier alpha value is -4.32. The Kier molecular flexibility index (Phi) is 20.2. The van der Waals surface area contributed by atoms with Crippen molar-refractivity contribution in [2.75, 3.05) is 12.3 Å². The van der Waals surface area contributed by atoms with Gasteiger partial charge in [-0.15, -0.1) is 0 Å². The van der Waals surface area contributed by atoms with E-state index in [0.717, 1.165) is 33.4 Å². The Morgan fingerprint density at radius 2 is 0.814 bits per heavy atom. The Labute approximate surface area is 357 Å². The zero-order valence-corrected chi connectivity index (χ0v) is 38.4. The molecule has 0 fully saturated rings. The molecule has 0 aliphatic carbocycles. The van der Waals surface area contributed by atoms with E-state index in [4.69, 9.17) is 11.5 Å². The van der Waals surface area contributed by atoms with Gasteiger partial charge in [0.05, 0.1) is 47.4 Å². The van der Waals surface area contributed by atoms with Crippen molar-refractivity contribution in [1.82, 2.24) is 10.6 Å². The van der Waals surface area contributed by atoms with Gasteiger partial charge in [0.2, 0.25) is 26.6 Å². The predicted octanol–water partition coefficient (Wildman–Crippen LogP) is 2.68. The van der Waals surface area contributed by atoms with Gasteiger partial charge in [-0.3, -0.25) is 18.7 Å². The fourth-order valence-electron chi connectivity index (χ4n) is 5.72. The fourth-order valence-corrected chi connectivity index (χ4v) is 8.24. The van der Waals surface area contributed by atoms with Gasteiger partial charge in [0, 0.05) is 12.3 Å². The van der Waals surface area contributed by atoms with Gasteiger partial charge < -0.3 is 51.7 Å². The van der Waals surface area contributed by atoms with Crippen LogP contribution >= 0.6 is 14.7 Å². The van der Waals surface area contributed by atoms with Crippen LogP contribution in [0.5, 0.6) is 0 Å². The quantitative estimate of drug-likeness (QED) is 0.0622. The number of carbonyl (C=O) groups excluding carboxylic acids is 4. The molecule has 0 aromatic heterocycles. The first-order valence-electron chi connectivity index (χ1n) is 18.7. The summed E-state index contributed by atoms with van der Waals surface area (Å²) >= 11 is 0. The summed E-state index contributed by atoms with van der Waals surface area (Å²) in [6.07, 6.45) is -0.316. The third kappa shape index (κ3) is 16.3. The van der Waals surface area contributed by atoms with E-state index in [0.29, 0.717) is 0 Å². The molecule has 312 valence electrons. The van der Waals surface area contributed by atoms with Crippen molar-refractivity contribution in [2.24, 2.45) is 23.3 Å². The number of rotatable bonds is 18. The molecule has 0 heterocycles. The van der Waals surface area contributed by atoms with Crippen molar-refractivity contribution in [3.05, 3.63) is 120 Å². The van der Waals surface area contributed by atoms with Crippen LogP contribution in [0.15, 0.2) is 109 Å². The van der Waals surface area contributed by atoms with Crippen molar-refractivity contribution >= 4 is 38.5 Å². The van der Waals surface area contributed by atoms with Gasteiger partial charge in [-0.25, -0.2) is 0 Å². The molecule has 0 radical (unpaired) electrons. The van der Waals surface area contributed by atoms with Crippen LogP contribution in [0.2, 0.25) is 0 Å². The molecular weight excluding hydrogens is 848 g/mol. The second-order valence-corrected chi connectivity index (χ2v) is 19.8. The Bertz CT molecular complexity index is 1920. The molecule has 0 aliphatic rings.